The van der Waals surface area contributed by atoms with Crippen molar-refractivity contribution in [3.05, 3.63) is 54.4 Å². The number of nitrogens with one attached hydrogen (secondary N) is 1. The summed E-state index contributed by atoms with van der Waals surface area (Å²) in [6.07, 6.45) is 6.71. The van der Waals surface area contributed by atoms with Gasteiger partial charge in [-0.2, -0.15) is 0 Å². The molecular formula is C20H23N5O3S. The molecule has 0 amide bonds. The highest BCUT2D eigenvalue weighted by Crippen LogP contribution is 2.21. The number of hydrogen-bond acceptors (Lipinski definition) is 7. The van der Waals surface area contributed by atoms with Gasteiger partial charge in [0, 0.05) is 31.8 Å². The topological polar surface area (TPSA) is 101 Å². The highest BCUT2D eigenvalue weighted by molar-refractivity contribution is 7.89. The van der Waals surface area contributed by atoms with Crippen molar-refractivity contribution >= 4 is 16.0 Å². The molecule has 8 nitrogen and oxygen atoms in total. The molecule has 1 saturated heterocycles. The number of rotatable bonds is 6. The molecule has 3 aromatic rings. The fourth-order valence-electron chi connectivity index (χ4n) is 3.28. The van der Waals surface area contributed by atoms with Crippen molar-refractivity contribution in [1.29, 1.82) is 0 Å². The minimum Gasteiger partial charge on any atom is -0.449 e. The molecule has 0 bridgehead atoms. The molecule has 0 atom stereocenters. The predicted molar refractivity (Wildman–Crippen MR) is 109 cm³/mol. The molecular weight excluding hydrogens is 390 g/mol. The molecule has 1 aromatic carbocycles. The second kappa shape index (κ2) is 8.30. The SMILES string of the molecule is Cc1nc(-c2ccc(S(=O)(=O)NCc3ccnc(N4CCCCC4)n3)cc2)co1. The molecule has 1 aliphatic heterocycles. The monoisotopic (exact) mass is 413 g/mol. The molecule has 1 N–H and O–H groups in total. The van der Waals surface area contributed by atoms with Crippen LogP contribution in [0.3, 0.4) is 0 Å². The van der Waals surface area contributed by atoms with Crippen LogP contribution in [0.1, 0.15) is 30.8 Å². The van der Waals surface area contributed by atoms with Gasteiger partial charge in [-0.15, -0.1) is 0 Å². The third kappa shape index (κ3) is 4.63. The third-order valence-corrected chi connectivity index (χ3v) is 6.28. The molecule has 0 unspecified atom stereocenters. The Kier molecular flexibility index (Phi) is 5.59. The molecule has 0 spiro atoms. The highest BCUT2D eigenvalue weighted by Gasteiger charge is 2.17. The third-order valence-electron chi connectivity index (χ3n) is 4.86. The lowest BCUT2D eigenvalue weighted by Gasteiger charge is -2.26. The number of nitrogens with zero attached hydrogens (tertiary/aromatic N) is 4. The van der Waals surface area contributed by atoms with Gasteiger partial charge < -0.3 is 9.32 Å². The van der Waals surface area contributed by atoms with E-state index in [1.54, 1.807) is 49.7 Å². The van der Waals surface area contributed by atoms with E-state index < -0.39 is 10.0 Å². The van der Waals surface area contributed by atoms with Crippen LogP contribution in [-0.4, -0.2) is 36.5 Å². The lowest BCUT2D eigenvalue weighted by atomic mass is 10.1. The molecule has 0 aliphatic carbocycles. The van der Waals surface area contributed by atoms with Crippen molar-refractivity contribution in [2.75, 3.05) is 18.0 Å². The van der Waals surface area contributed by atoms with E-state index >= 15 is 0 Å². The van der Waals surface area contributed by atoms with Gasteiger partial charge in [-0.25, -0.2) is 28.1 Å². The number of piperidine rings is 1. The van der Waals surface area contributed by atoms with Crippen molar-refractivity contribution in [1.82, 2.24) is 19.7 Å². The number of sulfonamides is 1. The number of benzene rings is 1. The van der Waals surface area contributed by atoms with Gasteiger partial charge in [0.2, 0.25) is 16.0 Å². The van der Waals surface area contributed by atoms with Crippen molar-refractivity contribution in [2.24, 2.45) is 0 Å². The Balaban J connectivity index is 1.43. The molecule has 1 fully saturated rings. The van der Waals surface area contributed by atoms with E-state index in [9.17, 15) is 8.42 Å². The zero-order valence-electron chi connectivity index (χ0n) is 16.2. The van der Waals surface area contributed by atoms with E-state index in [-0.39, 0.29) is 11.4 Å². The summed E-state index contributed by atoms with van der Waals surface area (Å²) in [5, 5.41) is 0. The first-order chi connectivity index (χ1) is 14.0. The predicted octanol–water partition coefficient (Wildman–Crippen LogP) is 2.91. The Morgan fingerprint density at radius 2 is 1.83 bits per heavy atom. The fourth-order valence-corrected chi connectivity index (χ4v) is 4.28. The van der Waals surface area contributed by atoms with Crippen LogP contribution in [0, 0.1) is 6.92 Å². The molecule has 3 heterocycles. The van der Waals surface area contributed by atoms with Crippen LogP contribution in [0.2, 0.25) is 0 Å². The Hall–Kier alpha value is -2.78. The lowest BCUT2D eigenvalue weighted by Crippen LogP contribution is -2.31. The summed E-state index contributed by atoms with van der Waals surface area (Å²) in [5.41, 5.74) is 2.10. The summed E-state index contributed by atoms with van der Waals surface area (Å²) >= 11 is 0. The lowest BCUT2D eigenvalue weighted by molar-refractivity contribution is 0.521. The number of aryl methyl sites for hydroxylation is 1. The van der Waals surface area contributed by atoms with Crippen LogP contribution in [0.15, 0.2) is 52.1 Å². The quantitative estimate of drug-likeness (QED) is 0.663. The molecule has 2 aromatic heterocycles. The highest BCUT2D eigenvalue weighted by atomic mass is 32.2. The van der Waals surface area contributed by atoms with Crippen LogP contribution in [-0.2, 0) is 16.6 Å². The second-order valence-corrected chi connectivity index (χ2v) is 8.76. The molecule has 4 rings (SSSR count). The fraction of sp³-hybridized carbons (Fsp3) is 0.350. The summed E-state index contributed by atoms with van der Waals surface area (Å²) in [6.45, 7) is 3.74. The van der Waals surface area contributed by atoms with E-state index in [1.165, 1.54) is 6.42 Å². The first-order valence-corrected chi connectivity index (χ1v) is 11.1. The van der Waals surface area contributed by atoms with E-state index in [0.29, 0.717) is 23.2 Å². The van der Waals surface area contributed by atoms with Gasteiger partial charge in [0.05, 0.1) is 17.1 Å². The largest absolute Gasteiger partial charge is 0.449 e. The van der Waals surface area contributed by atoms with E-state index in [0.717, 1.165) is 31.5 Å². The zero-order valence-corrected chi connectivity index (χ0v) is 17.0. The summed E-state index contributed by atoms with van der Waals surface area (Å²) < 4.78 is 33.1. The van der Waals surface area contributed by atoms with Gasteiger partial charge in [-0.05, 0) is 37.5 Å². The maximum atomic E-state index is 12.6. The second-order valence-electron chi connectivity index (χ2n) is 7.00. The summed E-state index contributed by atoms with van der Waals surface area (Å²) in [5.74, 6) is 1.22. The average Bonchev–Trinajstić information content (AvgIpc) is 3.20. The number of oxazole rings is 1. The molecule has 29 heavy (non-hydrogen) atoms. The maximum Gasteiger partial charge on any atom is 0.240 e. The van der Waals surface area contributed by atoms with Crippen molar-refractivity contribution in [3.63, 3.8) is 0 Å². The Morgan fingerprint density at radius 1 is 1.07 bits per heavy atom. The van der Waals surface area contributed by atoms with E-state index in [1.807, 2.05) is 0 Å². The summed E-state index contributed by atoms with van der Waals surface area (Å²) in [4.78, 5) is 15.4. The van der Waals surface area contributed by atoms with Crippen LogP contribution in [0.25, 0.3) is 11.3 Å². The van der Waals surface area contributed by atoms with Crippen LogP contribution >= 0.6 is 0 Å². The van der Waals surface area contributed by atoms with Crippen LogP contribution < -0.4 is 9.62 Å². The van der Waals surface area contributed by atoms with Crippen molar-refractivity contribution in [2.45, 2.75) is 37.6 Å². The normalized spacial score (nSPS) is 14.9. The van der Waals surface area contributed by atoms with Gasteiger partial charge in [-0.3, -0.25) is 0 Å². The number of hydrogen-bond donors (Lipinski definition) is 1. The first-order valence-electron chi connectivity index (χ1n) is 9.60. The number of anilines is 1. The Bertz CT molecular complexity index is 1070. The smallest absolute Gasteiger partial charge is 0.240 e. The summed E-state index contributed by atoms with van der Waals surface area (Å²) in [7, 11) is -3.66. The van der Waals surface area contributed by atoms with Gasteiger partial charge in [0.15, 0.2) is 5.89 Å². The van der Waals surface area contributed by atoms with Crippen molar-refractivity contribution in [3.8, 4) is 11.3 Å². The summed E-state index contributed by atoms with van der Waals surface area (Å²) in [6, 6.07) is 8.27. The minimum absolute atomic E-state index is 0.107. The van der Waals surface area contributed by atoms with Crippen molar-refractivity contribution < 1.29 is 12.8 Å². The van der Waals surface area contributed by atoms with E-state index in [4.69, 9.17) is 4.42 Å². The first kappa shape index (κ1) is 19.5. The van der Waals surface area contributed by atoms with Gasteiger partial charge in [0.25, 0.3) is 0 Å². The molecule has 9 heteroatoms. The van der Waals surface area contributed by atoms with Gasteiger partial charge >= 0.3 is 0 Å². The number of aromatic nitrogens is 3. The van der Waals surface area contributed by atoms with Gasteiger partial charge in [-0.1, -0.05) is 12.1 Å². The van der Waals surface area contributed by atoms with Gasteiger partial charge in [0.1, 0.15) is 12.0 Å². The molecule has 0 radical (unpaired) electrons. The Morgan fingerprint density at radius 3 is 2.52 bits per heavy atom. The standard InChI is InChI=1S/C20H23N5O3S/c1-15-23-19(14-28-15)16-5-7-18(8-6-16)29(26,27)22-13-17-9-10-21-20(24-17)25-11-3-2-4-12-25/h5-10,14,22H,2-4,11-13H2,1H3. The maximum absolute atomic E-state index is 12.6. The molecule has 152 valence electrons. The van der Waals surface area contributed by atoms with E-state index in [2.05, 4.69) is 24.6 Å². The minimum atomic E-state index is -3.66. The average molecular weight is 414 g/mol. The Labute approximate surface area is 170 Å². The van der Waals surface area contributed by atoms with Crippen LogP contribution in [0.5, 0.6) is 0 Å². The zero-order chi connectivity index (χ0) is 20.3. The van der Waals surface area contributed by atoms with Crippen LogP contribution in [0.4, 0.5) is 5.95 Å². The molecule has 0 saturated carbocycles. The molecule has 1 aliphatic rings.